The van der Waals surface area contributed by atoms with Gasteiger partial charge in [0.1, 0.15) is 0 Å². The maximum atomic E-state index is 12.3. The van der Waals surface area contributed by atoms with Gasteiger partial charge in [-0.05, 0) is 44.0 Å². The SMILES string of the molecule is CCc1ccccc1NC(=O)COC(=O)c1cc(Cl)c(OC(C)C)c(OC)c1. The fourth-order valence-corrected chi connectivity index (χ4v) is 2.79. The number of nitrogens with one attached hydrogen (secondary N) is 1. The molecule has 0 spiro atoms. The second kappa shape index (κ2) is 9.99. The first-order valence-electron chi connectivity index (χ1n) is 8.94. The number of hydrogen-bond acceptors (Lipinski definition) is 5. The van der Waals surface area contributed by atoms with E-state index in [0.717, 1.165) is 12.0 Å². The van der Waals surface area contributed by atoms with Gasteiger partial charge >= 0.3 is 5.97 Å². The summed E-state index contributed by atoms with van der Waals surface area (Å²) >= 11 is 6.21. The molecule has 7 heteroatoms. The van der Waals surface area contributed by atoms with Crippen molar-refractivity contribution in [3.05, 3.63) is 52.5 Å². The molecule has 0 bridgehead atoms. The van der Waals surface area contributed by atoms with Crippen LogP contribution in [0.3, 0.4) is 0 Å². The van der Waals surface area contributed by atoms with Gasteiger partial charge in [-0.15, -0.1) is 0 Å². The summed E-state index contributed by atoms with van der Waals surface area (Å²) in [6.07, 6.45) is 0.665. The number of amides is 1. The minimum absolute atomic E-state index is 0.112. The molecule has 2 rings (SSSR count). The lowest BCUT2D eigenvalue weighted by molar-refractivity contribution is -0.119. The monoisotopic (exact) mass is 405 g/mol. The van der Waals surface area contributed by atoms with Crippen molar-refractivity contribution >= 4 is 29.2 Å². The largest absolute Gasteiger partial charge is 0.493 e. The summed E-state index contributed by atoms with van der Waals surface area (Å²) in [6, 6.07) is 10.4. The molecule has 1 amide bonds. The molecule has 2 aromatic rings. The Bertz CT molecular complexity index is 851. The predicted molar refractivity (Wildman–Crippen MR) is 109 cm³/mol. The third kappa shape index (κ3) is 5.63. The quantitative estimate of drug-likeness (QED) is 0.655. The topological polar surface area (TPSA) is 73.9 Å². The van der Waals surface area contributed by atoms with E-state index < -0.39 is 18.5 Å². The molecule has 0 saturated carbocycles. The number of esters is 1. The van der Waals surface area contributed by atoms with Crippen molar-refractivity contribution in [1.82, 2.24) is 0 Å². The second-order valence-electron chi connectivity index (χ2n) is 6.29. The Balaban J connectivity index is 2.04. The van der Waals surface area contributed by atoms with Crippen LogP contribution in [0.5, 0.6) is 11.5 Å². The number of ether oxygens (including phenoxy) is 3. The van der Waals surface area contributed by atoms with Gasteiger partial charge in [-0.1, -0.05) is 36.7 Å². The fraction of sp³-hybridized carbons (Fsp3) is 0.333. The van der Waals surface area contributed by atoms with Gasteiger partial charge in [0.05, 0.1) is 23.8 Å². The molecule has 2 aromatic carbocycles. The smallest absolute Gasteiger partial charge is 0.338 e. The Morgan fingerprint density at radius 3 is 2.54 bits per heavy atom. The lowest BCUT2D eigenvalue weighted by Crippen LogP contribution is -2.21. The number of para-hydroxylation sites is 1. The number of carbonyl (C=O) groups excluding carboxylic acids is 2. The zero-order valence-corrected chi connectivity index (χ0v) is 17.1. The van der Waals surface area contributed by atoms with Gasteiger partial charge in [-0.2, -0.15) is 0 Å². The van der Waals surface area contributed by atoms with Crippen molar-refractivity contribution in [3.63, 3.8) is 0 Å². The van der Waals surface area contributed by atoms with E-state index in [0.29, 0.717) is 17.2 Å². The zero-order chi connectivity index (χ0) is 20.7. The molecule has 0 atom stereocenters. The molecule has 28 heavy (non-hydrogen) atoms. The van der Waals surface area contributed by atoms with E-state index >= 15 is 0 Å². The molecular weight excluding hydrogens is 382 g/mol. The van der Waals surface area contributed by atoms with Crippen LogP contribution in [0.15, 0.2) is 36.4 Å². The molecule has 0 aromatic heterocycles. The van der Waals surface area contributed by atoms with Crippen LogP contribution in [-0.2, 0) is 16.0 Å². The Hall–Kier alpha value is -2.73. The van der Waals surface area contributed by atoms with Gasteiger partial charge in [-0.25, -0.2) is 4.79 Å². The highest BCUT2D eigenvalue weighted by Gasteiger charge is 2.18. The number of carbonyl (C=O) groups is 2. The minimum Gasteiger partial charge on any atom is -0.493 e. The third-order valence-electron chi connectivity index (χ3n) is 3.83. The van der Waals surface area contributed by atoms with E-state index in [9.17, 15) is 9.59 Å². The highest BCUT2D eigenvalue weighted by molar-refractivity contribution is 6.32. The van der Waals surface area contributed by atoms with E-state index in [2.05, 4.69) is 5.32 Å². The molecule has 150 valence electrons. The van der Waals surface area contributed by atoms with Gasteiger partial charge in [0.15, 0.2) is 18.1 Å². The number of rotatable bonds is 8. The van der Waals surface area contributed by atoms with Crippen molar-refractivity contribution in [1.29, 1.82) is 0 Å². The summed E-state index contributed by atoms with van der Waals surface area (Å²) in [5, 5.41) is 2.97. The summed E-state index contributed by atoms with van der Waals surface area (Å²) in [7, 11) is 1.45. The van der Waals surface area contributed by atoms with Crippen LogP contribution < -0.4 is 14.8 Å². The highest BCUT2D eigenvalue weighted by Crippen LogP contribution is 2.37. The average molecular weight is 406 g/mol. The van der Waals surface area contributed by atoms with Crippen LogP contribution >= 0.6 is 11.6 Å². The van der Waals surface area contributed by atoms with Crippen molar-refractivity contribution < 1.29 is 23.8 Å². The van der Waals surface area contributed by atoms with Crippen molar-refractivity contribution in [2.45, 2.75) is 33.3 Å². The maximum Gasteiger partial charge on any atom is 0.338 e. The third-order valence-corrected chi connectivity index (χ3v) is 4.11. The van der Waals surface area contributed by atoms with E-state index in [1.807, 2.05) is 39.0 Å². The van der Waals surface area contributed by atoms with Gasteiger partial charge in [0.25, 0.3) is 5.91 Å². The normalized spacial score (nSPS) is 10.5. The van der Waals surface area contributed by atoms with Crippen LogP contribution in [-0.4, -0.2) is 31.7 Å². The van der Waals surface area contributed by atoms with Gasteiger partial charge < -0.3 is 19.5 Å². The Kier molecular flexibility index (Phi) is 7.70. The lowest BCUT2D eigenvalue weighted by atomic mass is 10.1. The molecule has 6 nitrogen and oxygen atoms in total. The number of benzene rings is 2. The number of hydrogen-bond donors (Lipinski definition) is 1. The molecule has 0 aliphatic carbocycles. The van der Waals surface area contributed by atoms with E-state index in [-0.39, 0.29) is 16.7 Å². The molecule has 0 aliphatic rings. The molecule has 0 unspecified atom stereocenters. The van der Waals surface area contributed by atoms with Crippen molar-refractivity contribution in [2.24, 2.45) is 0 Å². The molecule has 0 heterocycles. The summed E-state index contributed by atoms with van der Waals surface area (Å²) in [6.45, 7) is 5.29. The van der Waals surface area contributed by atoms with Crippen LogP contribution in [0.2, 0.25) is 5.02 Å². The van der Waals surface area contributed by atoms with Crippen LogP contribution in [0, 0.1) is 0 Å². The number of anilines is 1. The summed E-state index contributed by atoms with van der Waals surface area (Å²) in [5.41, 5.74) is 1.87. The first-order valence-corrected chi connectivity index (χ1v) is 9.32. The van der Waals surface area contributed by atoms with Gasteiger partial charge in [-0.3, -0.25) is 4.79 Å². The molecular formula is C21H24ClNO5. The molecule has 0 radical (unpaired) electrons. The fourth-order valence-electron chi connectivity index (χ4n) is 2.54. The standard InChI is InChI=1S/C21H24ClNO5/c1-5-14-8-6-7-9-17(14)23-19(24)12-27-21(25)15-10-16(22)20(28-13(2)3)18(11-15)26-4/h6-11,13H,5,12H2,1-4H3,(H,23,24). The summed E-state index contributed by atoms with van der Waals surface area (Å²) in [5.74, 6) is -0.443. The summed E-state index contributed by atoms with van der Waals surface area (Å²) in [4.78, 5) is 24.4. The first kappa shape index (κ1) is 21.6. The van der Waals surface area contributed by atoms with Crippen LogP contribution in [0.4, 0.5) is 5.69 Å². The second-order valence-corrected chi connectivity index (χ2v) is 6.70. The molecule has 1 N–H and O–H groups in total. The molecule has 0 fully saturated rings. The molecule has 0 saturated heterocycles. The van der Waals surface area contributed by atoms with Gasteiger partial charge in [0, 0.05) is 5.69 Å². The highest BCUT2D eigenvalue weighted by atomic mass is 35.5. The lowest BCUT2D eigenvalue weighted by Gasteiger charge is -2.16. The van der Waals surface area contributed by atoms with E-state index in [1.165, 1.54) is 19.2 Å². The number of aryl methyl sites for hydroxylation is 1. The average Bonchev–Trinajstić information content (AvgIpc) is 2.67. The van der Waals surface area contributed by atoms with Crippen LogP contribution in [0.1, 0.15) is 36.7 Å². The predicted octanol–water partition coefficient (Wildman–Crippen LogP) is 4.49. The van der Waals surface area contributed by atoms with Crippen LogP contribution in [0.25, 0.3) is 0 Å². The Morgan fingerprint density at radius 1 is 1.18 bits per heavy atom. The Labute approximate surface area is 169 Å². The van der Waals surface area contributed by atoms with Crippen molar-refractivity contribution in [2.75, 3.05) is 19.0 Å². The first-order chi connectivity index (χ1) is 13.3. The Morgan fingerprint density at radius 2 is 1.89 bits per heavy atom. The molecule has 0 aliphatic heterocycles. The van der Waals surface area contributed by atoms with Gasteiger partial charge in [0.2, 0.25) is 0 Å². The minimum atomic E-state index is -0.685. The van der Waals surface area contributed by atoms with Crippen molar-refractivity contribution in [3.8, 4) is 11.5 Å². The maximum absolute atomic E-state index is 12.3. The number of halogens is 1. The zero-order valence-electron chi connectivity index (χ0n) is 16.4. The summed E-state index contributed by atoms with van der Waals surface area (Å²) < 4.78 is 16.0. The van der Waals surface area contributed by atoms with E-state index in [1.54, 1.807) is 6.07 Å². The number of methoxy groups -OCH3 is 1. The van der Waals surface area contributed by atoms with E-state index in [4.69, 9.17) is 25.8 Å².